The first-order chi connectivity index (χ1) is 7.94. The van der Waals surface area contributed by atoms with Crippen LogP contribution < -0.4 is 5.32 Å². The average Bonchev–Trinajstić information content (AvgIpc) is 2.55. The lowest BCUT2D eigenvalue weighted by atomic mass is 10.1. The van der Waals surface area contributed by atoms with Crippen molar-refractivity contribution in [3.05, 3.63) is 28.8 Å². The highest BCUT2D eigenvalue weighted by atomic mass is 32.1. The fourth-order valence-corrected chi connectivity index (χ4v) is 2.63. The van der Waals surface area contributed by atoms with Crippen LogP contribution in [0.1, 0.15) is 31.3 Å². The van der Waals surface area contributed by atoms with Gasteiger partial charge in [0.15, 0.2) is 0 Å². The van der Waals surface area contributed by atoms with Crippen molar-refractivity contribution in [3.63, 3.8) is 0 Å². The summed E-state index contributed by atoms with van der Waals surface area (Å²) >= 11 is 1.76. The maximum atomic E-state index is 4.53. The zero-order valence-corrected chi connectivity index (χ0v) is 11.8. The molecule has 0 unspecified atom stereocenters. The van der Waals surface area contributed by atoms with Crippen LogP contribution in [0.3, 0.4) is 0 Å². The molecule has 0 bridgehead atoms. The van der Waals surface area contributed by atoms with Crippen LogP contribution in [-0.2, 0) is 6.42 Å². The molecule has 0 saturated carbocycles. The van der Waals surface area contributed by atoms with Gasteiger partial charge in [-0.3, -0.25) is 0 Å². The molecular formula is C14H20N2S. The van der Waals surface area contributed by atoms with Crippen molar-refractivity contribution >= 4 is 21.6 Å². The molecule has 0 saturated heterocycles. The fourth-order valence-electron chi connectivity index (χ4n) is 1.83. The lowest BCUT2D eigenvalue weighted by Crippen LogP contribution is -2.37. The van der Waals surface area contributed by atoms with Gasteiger partial charge in [-0.05, 0) is 58.4 Å². The standard InChI is InChI=1S/C14H20N2S/c1-10-16-12-9-11(5-6-13(12)17-10)7-8-15-14(2,3)4/h5-6,9,15H,7-8H2,1-4H3. The van der Waals surface area contributed by atoms with E-state index in [4.69, 9.17) is 0 Å². The Morgan fingerprint density at radius 3 is 2.76 bits per heavy atom. The summed E-state index contributed by atoms with van der Waals surface area (Å²) in [6.45, 7) is 9.66. The van der Waals surface area contributed by atoms with Crippen LogP contribution in [0.25, 0.3) is 10.2 Å². The number of aryl methyl sites for hydroxylation is 1. The summed E-state index contributed by atoms with van der Waals surface area (Å²) in [5.74, 6) is 0. The molecule has 0 aliphatic rings. The van der Waals surface area contributed by atoms with Crippen molar-refractivity contribution in [2.75, 3.05) is 6.54 Å². The summed E-state index contributed by atoms with van der Waals surface area (Å²) in [5.41, 5.74) is 2.70. The van der Waals surface area contributed by atoms with Crippen LogP contribution in [0, 0.1) is 6.92 Å². The van der Waals surface area contributed by atoms with Gasteiger partial charge >= 0.3 is 0 Å². The quantitative estimate of drug-likeness (QED) is 0.898. The summed E-state index contributed by atoms with van der Waals surface area (Å²) in [6, 6.07) is 6.61. The highest BCUT2D eigenvalue weighted by Gasteiger charge is 2.08. The second-order valence-corrected chi connectivity index (χ2v) is 6.70. The van der Waals surface area contributed by atoms with E-state index in [9.17, 15) is 0 Å². The van der Waals surface area contributed by atoms with Gasteiger partial charge in [-0.15, -0.1) is 11.3 Å². The van der Waals surface area contributed by atoms with E-state index in [-0.39, 0.29) is 5.54 Å². The van der Waals surface area contributed by atoms with Crippen LogP contribution in [0.4, 0.5) is 0 Å². The molecule has 2 rings (SSSR count). The lowest BCUT2D eigenvalue weighted by Gasteiger charge is -2.20. The van der Waals surface area contributed by atoms with E-state index in [0.29, 0.717) is 0 Å². The minimum atomic E-state index is 0.196. The van der Waals surface area contributed by atoms with Gasteiger partial charge in [0.25, 0.3) is 0 Å². The van der Waals surface area contributed by atoms with E-state index in [1.54, 1.807) is 11.3 Å². The first-order valence-corrected chi connectivity index (χ1v) is 6.87. The number of hydrogen-bond acceptors (Lipinski definition) is 3. The number of rotatable bonds is 3. The monoisotopic (exact) mass is 248 g/mol. The summed E-state index contributed by atoms with van der Waals surface area (Å²) in [5, 5.41) is 4.65. The Hall–Kier alpha value is -0.930. The molecule has 17 heavy (non-hydrogen) atoms. The lowest BCUT2D eigenvalue weighted by molar-refractivity contribution is 0.429. The van der Waals surface area contributed by atoms with Crippen LogP contribution in [0.15, 0.2) is 18.2 Å². The Balaban J connectivity index is 2.04. The smallest absolute Gasteiger partial charge is 0.0907 e. The number of thiazole rings is 1. The number of fused-ring (bicyclic) bond motifs is 1. The molecule has 2 nitrogen and oxygen atoms in total. The minimum absolute atomic E-state index is 0.196. The number of benzene rings is 1. The molecule has 0 spiro atoms. The average molecular weight is 248 g/mol. The molecule has 0 aliphatic heterocycles. The summed E-state index contributed by atoms with van der Waals surface area (Å²) in [7, 11) is 0. The van der Waals surface area contributed by atoms with Crippen LogP contribution in [0.5, 0.6) is 0 Å². The predicted octanol–water partition coefficient (Wildman–Crippen LogP) is 3.54. The van der Waals surface area contributed by atoms with E-state index in [2.05, 4.69) is 56.2 Å². The topological polar surface area (TPSA) is 24.9 Å². The summed E-state index contributed by atoms with van der Waals surface area (Å²) < 4.78 is 1.29. The van der Waals surface area contributed by atoms with Crippen molar-refractivity contribution in [3.8, 4) is 0 Å². The van der Waals surface area contributed by atoms with Gasteiger partial charge < -0.3 is 5.32 Å². The van der Waals surface area contributed by atoms with Gasteiger partial charge in [0.2, 0.25) is 0 Å². The Labute approximate surface area is 107 Å². The van der Waals surface area contributed by atoms with Gasteiger partial charge in [0, 0.05) is 5.54 Å². The second kappa shape index (κ2) is 4.75. The molecule has 0 radical (unpaired) electrons. The maximum absolute atomic E-state index is 4.53. The molecule has 0 amide bonds. The maximum Gasteiger partial charge on any atom is 0.0907 e. The molecule has 2 aromatic rings. The molecule has 0 fully saturated rings. The summed E-state index contributed by atoms with van der Waals surface area (Å²) in [4.78, 5) is 4.53. The third-order valence-electron chi connectivity index (χ3n) is 2.63. The van der Waals surface area contributed by atoms with E-state index in [1.165, 1.54) is 10.3 Å². The molecule has 1 N–H and O–H groups in total. The number of nitrogens with zero attached hydrogens (tertiary/aromatic N) is 1. The molecule has 92 valence electrons. The Bertz CT molecular complexity index is 508. The fraction of sp³-hybridized carbons (Fsp3) is 0.500. The van der Waals surface area contributed by atoms with Crippen LogP contribution >= 0.6 is 11.3 Å². The Morgan fingerprint density at radius 1 is 1.29 bits per heavy atom. The third kappa shape index (κ3) is 3.51. The first-order valence-electron chi connectivity index (χ1n) is 6.05. The van der Waals surface area contributed by atoms with Crippen molar-refractivity contribution < 1.29 is 0 Å². The zero-order chi connectivity index (χ0) is 12.5. The van der Waals surface area contributed by atoms with E-state index >= 15 is 0 Å². The van der Waals surface area contributed by atoms with Gasteiger partial charge in [-0.1, -0.05) is 6.07 Å². The van der Waals surface area contributed by atoms with Gasteiger partial charge in [0.05, 0.1) is 15.2 Å². The van der Waals surface area contributed by atoms with Crippen molar-refractivity contribution in [2.24, 2.45) is 0 Å². The first kappa shape index (κ1) is 12.5. The molecule has 0 aliphatic carbocycles. The third-order valence-corrected chi connectivity index (χ3v) is 3.58. The molecule has 1 heterocycles. The highest BCUT2D eigenvalue weighted by molar-refractivity contribution is 7.18. The molecule has 1 aromatic heterocycles. The molecule has 3 heteroatoms. The molecular weight excluding hydrogens is 228 g/mol. The van der Waals surface area contributed by atoms with Gasteiger partial charge in [-0.2, -0.15) is 0 Å². The van der Waals surface area contributed by atoms with E-state index < -0.39 is 0 Å². The second-order valence-electron chi connectivity index (χ2n) is 5.46. The number of aromatic nitrogens is 1. The van der Waals surface area contributed by atoms with Crippen LogP contribution in [0.2, 0.25) is 0 Å². The normalized spacial score (nSPS) is 12.2. The molecule has 0 atom stereocenters. The largest absolute Gasteiger partial charge is 0.312 e. The van der Waals surface area contributed by atoms with Crippen molar-refractivity contribution in [2.45, 2.75) is 39.7 Å². The zero-order valence-electron chi connectivity index (χ0n) is 11.0. The summed E-state index contributed by atoms with van der Waals surface area (Å²) in [6.07, 6.45) is 1.06. The van der Waals surface area contributed by atoms with Crippen molar-refractivity contribution in [1.29, 1.82) is 0 Å². The minimum Gasteiger partial charge on any atom is -0.312 e. The van der Waals surface area contributed by atoms with Gasteiger partial charge in [0.1, 0.15) is 0 Å². The molecule has 1 aromatic carbocycles. The predicted molar refractivity (Wildman–Crippen MR) is 75.8 cm³/mol. The Morgan fingerprint density at radius 2 is 2.06 bits per heavy atom. The SMILES string of the molecule is Cc1nc2cc(CCNC(C)(C)C)ccc2s1. The van der Waals surface area contributed by atoms with E-state index in [0.717, 1.165) is 23.5 Å². The van der Waals surface area contributed by atoms with Crippen molar-refractivity contribution in [1.82, 2.24) is 10.3 Å². The Kier molecular flexibility index (Phi) is 3.50. The number of hydrogen-bond donors (Lipinski definition) is 1. The van der Waals surface area contributed by atoms with Gasteiger partial charge in [-0.25, -0.2) is 4.98 Å². The van der Waals surface area contributed by atoms with Crippen LogP contribution in [-0.4, -0.2) is 17.1 Å². The highest BCUT2D eigenvalue weighted by Crippen LogP contribution is 2.22. The number of nitrogens with one attached hydrogen (secondary N) is 1. The van der Waals surface area contributed by atoms with E-state index in [1.807, 2.05) is 0 Å².